The Hall–Kier alpha value is -3.13. The third-order valence-corrected chi connectivity index (χ3v) is 4.30. The highest BCUT2D eigenvalue weighted by atomic mass is 32.1. The van der Waals surface area contributed by atoms with Crippen LogP contribution in [0.15, 0.2) is 41.9 Å². The standard InChI is InChI=1S/C18H17N3O4S/c1-3-25-15-7-5-4-6-12(15)16(22)21-18-20-14(10-26-18)11-8-13(19-9-11)17(23)24-2/h4-10,19H,3H2,1-2H3,(H,20,21,22). The van der Waals surface area contributed by atoms with Gasteiger partial charge in [-0.15, -0.1) is 11.3 Å². The molecule has 26 heavy (non-hydrogen) atoms. The molecule has 0 atom stereocenters. The van der Waals surface area contributed by atoms with Gasteiger partial charge in [0.25, 0.3) is 5.91 Å². The van der Waals surface area contributed by atoms with Crippen molar-refractivity contribution in [2.75, 3.05) is 19.0 Å². The minimum atomic E-state index is -0.451. The number of H-pyrrole nitrogens is 1. The van der Waals surface area contributed by atoms with Crippen LogP contribution in [0.2, 0.25) is 0 Å². The summed E-state index contributed by atoms with van der Waals surface area (Å²) in [6, 6.07) is 8.69. The molecule has 2 aromatic heterocycles. The van der Waals surface area contributed by atoms with Gasteiger partial charge in [0, 0.05) is 17.1 Å². The van der Waals surface area contributed by atoms with Crippen molar-refractivity contribution in [3.63, 3.8) is 0 Å². The molecule has 1 aromatic carbocycles. The number of nitrogens with one attached hydrogen (secondary N) is 2. The molecule has 0 aliphatic carbocycles. The van der Waals surface area contributed by atoms with Crippen molar-refractivity contribution in [1.82, 2.24) is 9.97 Å². The van der Waals surface area contributed by atoms with Gasteiger partial charge in [-0.25, -0.2) is 9.78 Å². The molecule has 2 heterocycles. The number of thiazole rings is 1. The Morgan fingerprint density at radius 2 is 2.12 bits per heavy atom. The summed E-state index contributed by atoms with van der Waals surface area (Å²) in [6.45, 7) is 2.34. The summed E-state index contributed by atoms with van der Waals surface area (Å²) in [5.41, 5.74) is 2.17. The van der Waals surface area contributed by atoms with Crippen LogP contribution in [-0.2, 0) is 4.74 Å². The van der Waals surface area contributed by atoms with Crippen molar-refractivity contribution in [2.24, 2.45) is 0 Å². The predicted molar refractivity (Wildman–Crippen MR) is 98.8 cm³/mol. The van der Waals surface area contributed by atoms with Gasteiger partial charge in [-0.05, 0) is 25.1 Å². The molecule has 0 saturated heterocycles. The molecule has 7 nitrogen and oxygen atoms in total. The largest absolute Gasteiger partial charge is 0.493 e. The molecular formula is C18H17N3O4S. The maximum absolute atomic E-state index is 12.5. The number of ether oxygens (including phenoxy) is 2. The number of rotatable bonds is 6. The molecule has 1 amide bonds. The Morgan fingerprint density at radius 3 is 2.88 bits per heavy atom. The number of hydrogen-bond donors (Lipinski definition) is 2. The highest BCUT2D eigenvalue weighted by Crippen LogP contribution is 2.27. The Kier molecular flexibility index (Phi) is 5.33. The third kappa shape index (κ3) is 3.75. The lowest BCUT2D eigenvalue weighted by Crippen LogP contribution is -2.13. The second-order valence-electron chi connectivity index (χ2n) is 5.21. The molecule has 0 fully saturated rings. The zero-order valence-corrected chi connectivity index (χ0v) is 15.1. The number of esters is 1. The minimum Gasteiger partial charge on any atom is -0.493 e. The highest BCUT2D eigenvalue weighted by molar-refractivity contribution is 7.14. The van der Waals surface area contributed by atoms with Crippen LogP contribution < -0.4 is 10.1 Å². The molecule has 3 aromatic rings. The number of para-hydroxylation sites is 1. The van der Waals surface area contributed by atoms with Crippen LogP contribution in [0, 0.1) is 0 Å². The lowest BCUT2D eigenvalue weighted by atomic mass is 10.2. The molecule has 8 heteroatoms. The van der Waals surface area contributed by atoms with E-state index in [-0.39, 0.29) is 5.91 Å². The van der Waals surface area contributed by atoms with Crippen molar-refractivity contribution >= 4 is 28.3 Å². The Bertz CT molecular complexity index is 932. The number of carbonyl (C=O) groups excluding carboxylic acids is 2. The second-order valence-corrected chi connectivity index (χ2v) is 6.07. The van der Waals surface area contributed by atoms with E-state index in [1.54, 1.807) is 35.8 Å². The van der Waals surface area contributed by atoms with Crippen molar-refractivity contribution in [3.05, 3.63) is 53.2 Å². The first-order chi connectivity index (χ1) is 12.6. The molecule has 3 rings (SSSR count). The number of methoxy groups -OCH3 is 1. The van der Waals surface area contributed by atoms with Crippen molar-refractivity contribution < 1.29 is 19.1 Å². The Morgan fingerprint density at radius 1 is 1.31 bits per heavy atom. The van der Waals surface area contributed by atoms with Gasteiger partial charge >= 0.3 is 5.97 Å². The quantitative estimate of drug-likeness (QED) is 0.646. The van der Waals surface area contributed by atoms with Gasteiger partial charge in [-0.2, -0.15) is 0 Å². The zero-order chi connectivity index (χ0) is 18.5. The number of nitrogens with zero attached hydrogens (tertiary/aromatic N) is 1. The number of aromatic nitrogens is 2. The van der Waals surface area contributed by atoms with E-state index in [1.165, 1.54) is 18.4 Å². The monoisotopic (exact) mass is 371 g/mol. The molecule has 0 bridgehead atoms. The van der Waals surface area contributed by atoms with E-state index in [2.05, 4.69) is 20.0 Å². The zero-order valence-electron chi connectivity index (χ0n) is 14.2. The minimum absolute atomic E-state index is 0.292. The number of carbonyl (C=O) groups is 2. The lowest BCUT2D eigenvalue weighted by Gasteiger charge is -2.08. The molecule has 0 unspecified atom stereocenters. The average molecular weight is 371 g/mol. The van der Waals surface area contributed by atoms with Crippen LogP contribution in [0.25, 0.3) is 11.3 Å². The number of benzene rings is 1. The summed E-state index contributed by atoms with van der Waals surface area (Å²) in [4.78, 5) is 31.2. The smallest absolute Gasteiger partial charge is 0.354 e. The number of anilines is 1. The fourth-order valence-electron chi connectivity index (χ4n) is 2.33. The van der Waals surface area contributed by atoms with Gasteiger partial charge in [0.2, 0.25) is 0 Å². The normalized spacial score (nSPS) is 10.4. The first-order valence-electron chi connectivity index (χ1n) is 7.88. The van der Waals surface area contributed by atoms with Gasteiger partial charge in [-0.1, -0.05) is 12.1 Å². The fraction of sp³-hybridized carbons (Fsp3) is 0.167. The lowest BCUT2D eigenvalue weighted by molar-refractivity contribution is 0.0594. The Balaban J connectivity index is 1.75. The SMILES string of the molecule is CCOc1ccccc1C(=O)Nc1nc(-c2c[nH]c(C(=O)OC)c2)cs1. The summed E-state index contributed by atoms with van der Waals surface area (Å²) in [7, 11) is 1.32. The van der Waals surface area contributed by atoms with Crippen LogP contribution >= 0.6 is 11.3 Å². The number of hydrogen-bond acceptors (Lipinski definition) is 6. The molecular weight excluding hydrogens is 354 g/mol. The molecule has 0 radical (unpaired) electrons. The van der Waals surface area contributed by atoms with Crippen LogP contribution in [0.1, 0.15) is 27.8 Å². The van der Waals surface area contributed by atoms with Crippen molar-refractivity contribution in [3.8, 4) is 17.0 Å². The van der Waals surface area contributed by atoms with Crippen molar-refractivity contribution in [2.45, 2.75) is 6.92 Å². The van der Waals surface area contributed by atoms with Crippen molar-refractivity contribution in [1.29, 1.82) is 0 Å². The first kappa shape index (κ1) is 17.7. The molecule has 0 spiro atoms. The van der Waals surface area contributed by atoms with Crippen LogP contribution in [-0.4, -0.2) is 35.6 Å². The van der Waals surface area contributed by atoms with Gasteiger partial charge in [0.05, 0.1) is 25.0 Å². The number of amides is 1. The second kappa shape index (κ2) is 7.83. The molecule has 134 valence electrons. The topological polar surface area (TPSA) is 93.3 Å². The third-order valence-electron chi connectivity index (χ3n) is 3.54. The van der Waals surface area contributed by atoms with E-state index in [9.17, 15) is 9.59 Å². The van der Waals surface area contributed by atoms with E-state index in [0.717, 1.165) is 5.56 Å². The van der Waals surface area contributed by atoms with Crippen LogP contribution in [0.3, 0.4) is 0 Å². The van der Waals surface area contributed by atoms with Gasteiger partial charge < -0.3 is 14.5 Å². The van der Waals surface area contributed by atoms with Crippen LogP contribution in [0.5, 0.6) is 5.75 Å². The molecule has 0 aliphatic rings. The highest BCUT2D eigenvalue weighted by Gasteiger charge is 2.15. The summed E-state index contributed by atoms with van der Waals surface area (Å²) in [6.07, 6.45) is 1.66. The van der Waals surface area contributed by atoms with Crippen LogP contribution in [0.4, 0.5) is 5.13 Å². The van der Waals surface area contributed by atoms with Gasteiger partial charge in [-0.3, -0.25) is 10.1 Å². The van der Waals surface area contributed by atoms with Gasteiger partial charge in [0.15, 0.2) is 5.13 Å². The first-order valence-corrected chi connectivity index (χ1v) is 8.76. The van der Waals surface area contributed by atoms with E-state index < -0.39 is 5.97 Å². The summed E-state index contributed by atoms with van der Waals surface area (Å²) >= 11 is 1.30. The van der Waals surface area contributed by atoms with Gasteiger partial charge in [0.1, 0.15) is 11.4 Å². The maximum Gasteiger partial charge on any atom is 0.354 e. The Labute approximate surface area is 154 Å². The summed E-state index contributed by atoms with van der Waals surface area (Å²) in [5, 5.41) is 5.03. The number of aromatic amines is 1. The van der Waals surface area contributed by atoms with E-state index in [4.69, 9.17) is 4.74 Å². The predicted octanol–water partition coefficient (Wildman–Crippen LogP) is 3.58. The van der Waals surface area contributed by atoms with E-state index >= 15 is 0 Å². The van der Waals surface area contributed by atoms with E-state index in [1.807, 2.05) is 13.0 Å². The molecule has 0 saturated carbocycles. The molecule has 0 aliphatic heterocycles. The molecule has 2 N–H and O–H groups in total. The van der Waals surface area contributed by atoms with E-state index in [0.29, 0.717) is 34.4 Å². The summed E-state index contributed by atoms with van der Waals surface area (Å²) < 4.78 is 10.1. The summed E-state index contributed by atoms with van der Waals surface area (Å²) in [5.74, 6) is -0.218. The maximum atomic E-state index is 12.5. The fourth-order valence-corrected chi connectivity index (χ4v) is 3.05. The average Bonchev–Trinajstić information content (AvgIpc) is 3.31.